The molecule has 0 aromatic heterocycles. The number of carbonyl (C=O) groups is 2. The molecule has 110 valence electrons. The summed E-state index contributed by atoms with van der Waals surface area (Å²) in [6.45, 7) is 1.57. The van der Waals surface area contributed by atoms with Crippen LogP contribution in [0.1, 0.15) is 12.5 Å². The summed E-state index contributed by atoms with van der Waals surface area (Å²) >= 11 is 0. The molecule has 1 aliphatic heterocycles. The Hall–Kier alpha value is -2.90. The molecule has 1 aromatic carbocycles. The second-order valence-corrected chi connectivity index (χ2v) is 4.29. The molecule has 1 aromatic rings. The summed E-state index contributed by atoms with van der Waals surface area (Å²) in [7, 11) is 1.43. The van der Waals surface area contributed by atoms with E-state index in [0.29, 0.717) is 11.3 Å². The third-order valence-electron chi connectivity index (χ3n) is 2.94. The van der Waals surface area contributed by atoms with Crippen LogP contribution in [0.15, 0.2) is 28.4 Å². The lowest BCUT2D eigenvalue weighted by Crippen LogP contribution is -2.32. The molecule has 8 heteroatoms. The van der Waals surface area contributed by atoms with Crippen molar-refractivity contribution in [1.29, 1.82) is 0 Å². The number of nitrogens with zero attached hydrogens (tertiary/aromatic N) is 2. The predicted molar refractivity (Wildman–Crippen MR) is 75.1 cm³/mol. The van der Waals surface area contributed by atoms with E-state index in [2.05, 4.69) is 21.1 Å². The number of amides is 2. The number of aromatic hydroxyl groups is 1. The number of para-hydroxylation sites is 1. The van der Waals surface area contributed by atoms with Crippen molar-refractivity contribution in [2.75, 3.05) is 7.11 Å². The molecule has 1 atom stereocenters. The molecule has 1 heterocycles. The number of hydrogen-bond acceptors (Lipinski definition) is 6. The zero-order chi connectivity index (χ0) is 15.4. The van der Waals surface area contributed by atoms with Gasteiger partial charge in [-0.1, -0.05) is 6.07 Å². The van der Waals surface area contributed by atoms with Gasteiger partial charge in [0.2, 0.25) is 5.91 Å². The molecule has 1 aliphatic rings. The second kappa shape index (κ2) is 6.04. The number of phenols is 1. The van der Waals surface area contributed by atoms with Crippen molar-refractivity contribution in [3.05, 3.63) is 23.8 Å². The highest BCUT2D eigenvalue weighted by Gasteiger charge is 2.30. The minimum Gasteiger partial charge on any atom is -0.504 e. The van der Waals surface area contributed by atoms with Gasteiger partial charge in [0.25, 0.3) is 5.91 Å². The van der Waals surface area contributed by atoms with Gasteiger partial charge < -0.3 is 9.84 Å². The maximum atomic E-state index is 11.8. The molecule has 0 spiro atoms. The molecular weight excluding hydrogens is 276 g/mol. The van der Waals surface area contributed by atoms with E-state index < -0.39 is 11.8 Å². The van der Waals surface area contributed by atoms with Crippen LogP contribution < -0.4 is 15.6 Å². The molecule has 8 nitrogen and oxygen atoms in total. The average Bonchev–Trinajstić information content (AvgIpc) is 2.81. The number of benzene rings is 1. The molecular formula is C13H14N4O4. The van der Waals surface area contributed by atoms with Gasteiger partial charge in [-0.05, 0) is 19.1 Å². The lowest BCUT2D eigenvalue weighted by atomic mass is 10.1. The van der Waals surface area contributed by atoms with E-state index in [1.54, 1.807) is 25.1 Å². The van der Waals surface area contributed by atoms with Crippen molar-refractivity contribution in [3.63, 3.8) is 0 Å². The van der Waals surface area contributed by atoms with Gasteiger partial charge in [0.15, 0.2) is 11.5 Å². The first-order chi connectivity index (χ1) is 10.0. The van der Waals surface area contributed by atoms with Crippen molar-refractivity contribution in [2.24, 2.45) is 16.1 Å². The van der Waals surface area contributed by atoms with E-state index in [1.807, 2.05) is 0 Å². The van der Waals surface area contributed by atoms with Crippen LogP contribution in [0.2, 0.25) is 0 Å². The van der Waals surface area contributed by atoms with Crippen molar-refractivity contribution >= 4 is 23.7 Å². The highest BCUT2D eigenvalue weighted by molar-refractivity contribution is 6.44. The quantitative estimate of drug-likeness (QED) is 0.534. The summed E-state index contributed by atoms with van der Waals surface area (Å²) in [6.07, 6.45) is 1.27. The van der Waals surface area contributed by atoms with E-state index in [0.717, 1.165) is 0 Å². The Morgan fingerprint density at radius 2 is 2.33 bits per heavy atom. The molecule has 0 bridgehead atoms. The molecule has 0 saturated heterocycles. The first kappa shape index (κ1) is 14.5. The molecule has 0 aliphatic carbocycles. The van der Waals surface area contributed by atoms with Gasteiger partial charge >= 0.3 is 0 Å². The van der Waals surface area contributed by atoms with E-state index in [4.69, 9.17) is 4.74 Å². The Bertz CT molecular complexity index is 639. The number of nitrogens with one attached hydrogen (secondary N) is 2. The highest BCUT2D eigenvalue weighted by Crippen LogP contribution is 2.27. The van der Waals surface area contributed by atoms with E-state index in [1.165, 1.54) is 13.3 Å². The number of hydrazone groups is 2. The maximum absolute atomic E-state index is 11.8. The Morgan fingerprint density at radius 1 is 1.57 bits per heavy atom. The second-order valence-electron chi connectivity index (χ2n) is 4.29. The van der Waals surface area contributed by atoms with E-state index in [9.17, 15) is 14.7 Å². The fourth-order valence-corrected chi connectivity index (χ4v) is 1.71. The van der Waals surface area contributed by atoms with E-state index >= 15 is 0 Å². The summed E-state index contributed by atoms with van der Waals surface area (Å²) in [5.74, 6) is -1.32. The monoisotopic (exact) mass is 290 g/mol. The summed E-state index contributed by atoms with van der Waals surface area (Å²) in [5, 5.41) is 17.2. The summed E-state index contributed by atoms with van der Waals surface area (Å²) in [4.78, 5) is 23.0. The SMILES string of the molecule is COc1cccc(C=NNC(=O)C2=NNC(=O)C2C)c1O. The van der Waals surface area contributed by atoms with Crippen LogP contribution in [-0.2, 0) is 9.59 Å². The van der Waals surface area contributed by atoms with Gasteiger partial charge in [-0.2, -0.15) is 10.2 Å². The summed E-state index contributed by atoms with van der Waals surface area (Å²) in [6, 6.07) is 4.87. The van der Waals surface area contributed by atoms with Crippen LogP contribution in [0.4, 0.5) is 0 Å². The third-order valence-corrected chi connectivity index (χ3v) is 2.94. The fourth-order valence-electron chi connectivity index (χ4n) is 1.71. The van der Waals surface area contributed by atoms with Gasteiger partial charge in [-0.3, -0.25) is 9.59 Å². The molecule has 0 fully saturated rings. The van der Waals surface area contributed by atoms with Gasteiger partial charge in [-0.15, -0.1) is 0 Å². The van der Waals surface area contributed by atoms with Crippen LogP contribution in [0.5, 0.6) is 11.5 Å². The number of ether oxygens (including phenoxy) is 1. The molecule has 2 rings (SSSR count). The molecule has 1 unspecified atom stereocenters. The Labute approximate surface area is 120 Å². The lowest BCUT2D eigenvalue weighted by Gasteiger charge is -2.05. The molecule has 21 heavy (non-hydrogen) atoms. The van der Waals surface area contributed by atoms with Gasteiger partial charge in [0.1, 0.15) is 5.71 Å². The summed E-state index contributed by atoms with van der Waals surface area (Å²) in [5.41, 5.74) is 4.90. The Morgan fingerprint density at radius 3 is 2.95 bits per heavy atom. The van der Waals surface area contributed by atoms with Crippen molar-refractivity contribution in [3.8, 4) is 11.5 Å². The normalized spacial score (nSPS) is 17.5. The fraction of sp³-hybridized carbons (Fsp3) is 0.231. The number of rotatable bonds is 4. The maximum Gasteiger partial charge on any atom is 0.288 e. The smallest absolute Gasteiger partial charge is 0.288 e. The van der Waals surface area contributed by atoms with Crippen molar-refractivity contribution < 1.29 is 19.4 Å². The zero-order valence-electron chi connectivity index (χ0n) is 11.5. The lowest BCUT2D eigenvalue weighted by molar-refractivity contribution is -0.122. The summed E-state index contributed by atoms with van der Waals surface area (Å²) < 4.78 is 4.96. The minimum absolute atomic E-state index is 0.0621. The Kier molecular flexibility index (Phi) is 4.17. The topological polar surface area (TPSA) is 112 Å². The van der Waals surface area contributed by atoms with Gasteiger partial charge in [0, 0.05) is 5.56 Å². The molecule has 2 amide bonds. The highest BCUT2D eigenvalue weighted by atomic mass is 16.5. The average molecular weight is 290 g/mol. The number of carbonyl (C=O) groups excluding carboxylic acids is 2. The largest absolute Gasteiger partial charge is 0.504 e. The van der Waals surface area contributed by atoms with Crippen molar-refractivity contribution in [2.45, 2.75) is 6.92 Å². The molecule has 3 N–H and O–H groups in total. The van der Waals surface area contributed by atoms with Crippen LogP contribution in [0.3, 0.4) is 0 Å². The van der Waals surface area contributed by atoms with Gasteiger partial charge in [0.05, 0.1) is 19.2 Å². The molecule has 0 saturated carbocycles. The first-order valence-corrected chi connectivity index (χ1v) is 6.11. The standard InChI is InChI=1S/C13H14N4O4/c1-7-10(15-17-12(7)19)13(20)16-14-6-8-4-3-5-9(21-2)11(8)18/h3-7,18H,1-2H3,(H,16,20)(H,17,19). The minimum atomic E-state index is -0.620. The van der Waals surface area contributed by atoms with Crippen LogP contribution in [0, 0.1) is 5.92 Å². The van der Waals surface area contributed by atoms with Crippen LogP contribution in [0.25, 0.3) is 0 Å². The number of methoxy groups -OCH3 is 1. The number of phenolic OH excluding ortho intramolecular Hbond substituents is 1. The predicted octanol–water partition coefficient (Wildman–Crippen LogP) is -0.0272. The van der Waals surface area contributed by atoms with E-state index in [-0.39, 0.29) is 17.4 Å². The Balaban J connectivity index is 2.03. The number of hydrogen-bond donors (Lipinski definition) is 3. The third kappa shape index (κ3) is 2.99. The van der Waals surface area contributed by atoms with Crippen LogP contribution >= 0.6 is 0 Å². The first-order valence-electron chi connectivity index (χ1n) is 6.11. The van der Waals surface area contributed by atoms with Crippen LogP contribution in [-0.4, -0.2) is 36.0 Å². The van der Waals surface area contributed by atoms with Crippen molar-refractivity contribution in [1.82, 2.24) is 10.9 Å². The van der Waals surface area contributed by atoms with Gasteiger partial charge in [-0.25, -0.2) is 10.9 Å². The zero-order valence-corrected chi connectivity index (χ0v) is 11.5. The molecule has 0 radical (unpaired) electrons.